The molecule has 5 nitrogen and oxygen atoms in total. The summed E-state index contributed by atoms with van der Waals surface area (Å²) in [5.74, 6) is 0.841. The van der Waals surface area contributed by atoms with Gasteiger partial charge in [-0.15, -0.1) is 0 Å². The highest BCUT2D eigenvalue weighted by atomic mass is 79.9. The van der Waals surface area contributed by atoms with Crippen LogP contribution >= 0.6 is 28.1 Å². The van der Waals surface area contributed by atoms with Gasteiger partial charge >= 0.3 is 0 Å². The summed E-state index contributed by atoms with van der Waals surface area (Å²) in [4.78, 5) is 6.92. The van der Waals surface area contributed by atoms with Crippen molar-refractivity contribution in [2.24, 2.45) is 0 Å². The predicted molar refractivity (Wildman–Crippen MR) is 149 cm³/mol. The van der Waals surface area contributed by atoms with Crippen molar-refractivity contribution in [2.45, 2.75) is 32.9 Å². The number of methoxy groups -OCH3 is 1. The van der Waals surface area contributed by atoms with Crippen molar-refractivity contribution in [2.75, 3.05) is 12.0 Å². The minimum absolute atomic E-state index is 0.0591. The number of hydrogen-bond acceptors (Lipinski definition) is 3. The zero-order chi connectivity index (χ0) is 24.7. The van der Waals surface area contributed by atoms with Gasteiger partial charge in [-0.25, -0.2) is 0 Å². The van der Waals surface area contributed by atoms with E-state index in [1.165, 1.54) is 11.3 Å². The lowest BCUT2D eigenvalue weighted by Crippen LogP contribution is -2.29. The smallest absolute Gasteiger partial charge is 0.174 e. The van der Waals surface area contributed by atoms with E-state index < -0.39 is 0 Å². The number of benzene rings is 2. The molecule has 5 rings (SSSR count). The highest BCUT2D eigenvalue weighted by Crippen LogP contribution is 2.44. The van der Waals surface area contributed by atoms with E-state index >= 15 is 0 Å². The Kier molecular flexibility index (Phi) is 6.38. The minimum atomic E-state index is -0.0857. The summed E-state index contributed by atoms with van der Waals surface area (Å²) in [6, 6.07) is 22.7. The Morgan fingerprint density at radius 1 is 0.971 bits per heavy atom. The maximum absolute atomic E-state index is 5.91. The molecule has 0 bridgehead atoms. The second-order valence-corrected chi connectivity index (χ2v) is 10.0. The largest absolute Gasteiger partial charge is 0.497 e. The lowest BCUT2D eigenvalue weighted by atomic mass is 9.96. The first-order chi connectivity index (χ1) is 16.9. The molecule has 0 saturated carbocycles. The Morgan fingerprint density at radius 3 is 2.37 bits per heavy atom. The zero-order valence-electron chi connectivity index (χ0n) is 20.1. The molecule has 7 heteroatoms. The van der Waals surface area contributed by atoms with E-state index in [0.717, 1.165) is 38.5 Å². The van der Waals surface area contributed by atoms with Crippen LogP contribution in [0.4, 0.5) is 5.69 Å². The first-order valence-electron chi connectivity index (χ1n) is 11.5. The fraction of sp³-hybridized carbons (Fsp3) is 0.214. The SMILES string of the molecule is COc1ccc(-n2c(C)cc([C@H]3[C@@H](c4ccccn4)NC(=S)N3c3ccc(Br)c(C)c3)c2C)cc1. The normalized spacial score (nSPS) is 17.5. The van der Waals surface area contributed by atoms with Crippen molar-refractivity contribution >= 4 is 38.9 Å². The van der Waals surface area contributed by atoms with Crippen LogP contribution in [0.2, 0.25) is 0 Å². The lowest BCUT2D eigenvalue weighted by Gasteiger charge is -2.28. The van der Waals surface area contributed by atoms with Gasteiger partial charge in [0.1, 0.15) is 5.75 Å². The summed E-state index contributed by atoms with van der Waals surface area (Å²) in [5.41, 5.74) is 7.82. The van der Waals surface area contributed by atoms with Gasteiger partial charge in [-0.1, -0.05) is 22.0 Å². The number of hydrogen-bond donors (Lipinski definition) is 1. The van der Waals surface area contributed by atoms with Crippen LogP contribution in [0.15, 0.2) is 77.4 Å². The molecule has 178 valence electrons. The molecule has 0 spiro atoms. The Morgan fingerprint density at radius 2 is 1.71 bits per heavy atom. The minimum Gasteiger partial charge on any atom is -0.497 e. The molecule has 0 radical (unpaired) electrons. The molecule has 0 aliphatic carbocycles. The van der Waals surface area contributed by atoms with Crippen LogP contribution in [0.1, 0.15) is 40.3 Å². The number of aromatic nitrogens is 2. The number of pyridine rings is 1. The third-order valence-corrected chi connectivity index (χ3v) is 7.84. The van der Waals surface area contributed by atoms with Crippen molar-refractivity contribution in [1.82, 2.24) is 14.9 Å². The van der Waals surface area contributed by atoms with E-state index in [-0.39, 0.29) is 12.1 Å². The molecule has 3 heterocycles. The number of aryl methyl sites for hydroxylation is 2. The topological polar surface area (TPSA) is 42.3 Å². The van der Waals surface area contributed by atoms with E-state index in [1.54, 1.807) is 7.11 Å². The summed E-state index contributed by atoms with van der Waals surface area (Å²) >= 11 is 9.54. The molecular formula is C28H27BrN4OS. The second-order valence-electron chi connectivity index (χ2n) is 8.79. The zero-order valence-corrected chi connectivity index (χ0v) is 22.5. The van der Waals surface area contributed by atoms with Crippen LogP contribution in [0.25, 0.3) is 5.69 Å². The summed E-state index contributed by atoms with van der Waals surface area (Å²) in [7, 11) is 1.69. The molecule has 1 aliphatic heterocycles. The van der Waals surface area contributed by atoms with Crippen LogP contribution in [-0.4, -0.2) is 21.8 Å². The molecule has 1 N–H and O–H groups in total. The Balaban J connectivity index is 1.66. The molecule has 2 aromatic carbocycles. The highest BCUT2D eigenvalue weighted by Gasteiger charge is 2.42. The van der Waals surface area contributed by atoms with Crippen LogP contribution in [0.5, 0.6) is 5.75 Å². The molecule has 2 aromatic heterocycles. The maximum atomic E-state index is 5.91. The Hall–Kier alpha value is -3.16. The molecule has 2 atom stereocenters. The molecule has 4 aromatic rings. The average molecular weight is 548 g/mol. The maximum Gasteiger partial charge on any atom is 0.174 e. The van der Waals surface area contributed by atoms with E-state index in [4.69, 9.17) is 17.0 Å². The predicted octanol–water partition coefficient (Wildman–Crippen LogP) is 6.75. The van der Waals surface area contributed by atoms with E-state index in [9.17, 15) is 0 Å². The Bertz CT molecular complexity index is 1380. The summed E-state index contributed by atoms with van der Waals surface area (Å²) < 4.78 is 8.73. The van der Waals surface area contributed by atoms with Crippen LogP contribution in [0, 0.1) is 20.8 Å². The molecule has 35 heavy (non-hydrogen) atoms. The standard InChI is InChI=1S/C28H27BrN4OS/c1-17-15-21(10-13-24(17)29)33-27(26(31-28(33)35)25-7-5-6-14-30-25)23-16-18(2)32(19(23)3)20-8-11-22(34-4)12-9-20/h5-16,26-27H,1-4H3,(H,31,35)/t26-,27+/m1/s1. The third-order valence-electron chi connectivity index (χ3n) is 6.64. The second kappa shape index (κ2) is 9.47. The van der Waals surface area contributed by atoms with Crippen LogP contribution in [-0.2, 0) is 0 Å². The monoisotopic (exact) mass is 546 g/mol. The molecule has 1 saturated heterocycles. The fourth-order valence-electron chi connectivity index (χ4n) is 4.94. The van der Waals surface area contributed by atoms with Crippen LogP contribution < -0.4 is 15.0 Å². The summed E-state index contributed by atoms with van der Waals surface area (Å²) in [6.45, 7) is 6.42. The van der Waals surface area contributed by atoms with Crippen molar-refractivity contribution in [1.29, 1.82) is 0 Å². The van der Waals surface area contributed by atoms with E-state index in [1.807, 2.05) is 30.5 Å². The van der Waals surface area contributed by atoms with Gasteiger partial charge in [0.2, 0.25) is 0 Å². The third kappa shape index (κ3) is 4.23. The van der Waals surface area contributed by atoms with E-state index in [2.05, 4.69) is 98.9 Å². The summed E-state index contributed by atoms with van der Waals surface area (Å²) in [5, 5.41) is 4.27. The number of rotatable bonds is 5. The van der Waals surface area contributed by atoms with Gasteiger partial charge < -0.3 is 19.5 Å². The molecular weight excluding hydrogens is 520 g/mol. The first-order valence-corrected chi connectivity index (χ1v) is 12.7. The van der Waals surface area contributed by atoms with Crippen molar-refractivity contribution in [3.63, 3.8) is 0 Å². The van der Waals surface area contributed by atoms with Gasteiger partial charge in [-0.2, -0.15) is 0 Å². The van der Waals surface area contributed by atoms with Gasteiger partial charge in [0.15, 0.2) is 5.11 Å². The number of ether oxygens (including phenoxy) is 1. The number of nitrogens with one attached hydrogen (secondary N) is 1. The Labute approximate surface area is 219 Å². The number of anilines is 1. The van der Waals surface area contributed by atoms with Gasteiger partial charge in [-0.3, -0.25) is 4.98 Å². The van der Waals surface area contributed by atoms with E-state index in [0.29, 0.717) is 5.11 Å². The summed E-state index contributed by atoms with van der Waals surface area (Å²) in [6.07, 6.45) is 1.84. The quantitative estimate of drug-likeness (QED) is 0.280. The van der Waals surface area contributed by atoms with Crippen molar-refractivity contribution in [3.05, 3.63) is 106 Å². The van der Waals surface area contributed by atoms with Gasteiger partial charge in [0.05, 0.1) is 24.9 Å². The molecule has 0 amide bonds. The highest BCUT2D eigenvalue weighted by molar-refractivity contribution is 9.10. The number of nitrogens with zero attached hydrogens (tertiary/aromatic N) is 3. The van der Waals surface area contributed by atoms with Crippen LogP contribution in [0.3, 0.4) is 0 Å². The van der Waals surface area contributed by atoms with Gasteiger partial charge in [-0.05, 0) is 105 Å². The van der Waals surface area contributed by atoms with Gasteiger partial charge in [0, 0.05) is 33.4 Å². The molecule has 1 aliphatic rings. The van der Waals surface area contributed by atoms with Crippen molar-refractivity contribution in [3.8, 4) is 11.4 Å². The fourth-order valence-corrected chi connectivity index (χ4v) is 5.54. The number of thiocarbonyl (C=S) groups is 1. The molecule has 1 fully saturated rings. The van der Waals surface area contributed by atoms with Crippen molar-refractivity contribution < 1.29 is 4.74 Å². The molecule has 0 unspecified atom stereocenters. The first kappa shape index (κ1) is 23.6. The van der Waals surface area contributed by atoms with Gasteiger partial charge in [0.25, 0.3) is 0 Å². The average Bonchev–Trinajstić information content (AvgIpc) is 3.36. The number of halogens is 1. The lowest BCUT2D eigenvalue weighted by molar-refractivity contribution is 0.414.